The van der Waals surface area contributed by atoms with Crippen molar-refractivity contribution in [3.05, 3.63) is 77.4 Å². The van der Waals surface area contributed by atoms with E-state index in [0.29, 0.717) is 22.7 Å². The number of anilines is 2. The summed E-state index contributed by atoms with van der Waals surface area (Å²) in [6.45, 7) is 3.78. The molecule has 0 aliphatic rings. The van der Waals surface area contributed by atoms with Crippen molar-refractivity contribution < 1.29 is 22.7 Å². The van der Waals surface area contributed by atoms with Gasteiger partial charge in [0.15, 0.2) is 0 Å². The number of aryl methyl sites for hydroxylation is 2. The number of nitrogens with one attached hydrogen (secondary N) is 2. The summed E-state index contributed by atoms with van der Waals surface area (Å²) in [5.41, 5.74) is 3.16. The fourth-order valence-corrected chi connectivity index (χ4v) is 4.06. The number of carbonyl (C=O) groups is 1. The Labute approximate surface area is 182 Å². The lowest BCUT2D eigenvalue weighted by Gasteiger charge is -2.13. The van der Waals surface area contributed by atoms with Crippen molar-refractivity contribution >= 4 is 27.3 Å². The normalized spacial score (nSPS) is 11.0. The Morgan fingerprint density at radius 2 is 1.58 bits per heavy atom. The second-order valence-corrected chi connectivity index (χ2v) is 8.65. The molecule has 0 aliphatic carbocycles. The van der Waals surface area contributed by atoms with Crippen LogP contribution in [0.25, 0.3) is 0 Å². The van der Waals surface area contributed by atoms with E-state index in [1.807, 2.05) is 32.0 Å². The van der Waals surface area contributed by atoms with Crippen molar-refractivity contribution in [1.29, 1.82) is 0 Å². The number of hydrogen-bond donors (Lipinski definition) is 2. The van der Waals surface area contributed by atoms with Gasteiger partial charge in [-0.15, -0.1) is 0 Å². The smallest absolute Gasteiger partial charge is 0.262 e. The van der Waals surface area contributed by atoms with Gasteiger partial charge in [-0.25, -0.2) is 8.42 Å². The van der Waals surface area contributed by atoms with Crippen LogP contribution in [0, 0.1) is 13.8 Å². The molecule has 3 aromatic carbocycles. The molecule has 0 saturated carbocycles. The van der Waals surface area contributed by atoms with Gasteiger partial charge in [0.2, 0.25) is 0 Å². The van der Waals surface area contributed by atoms with Crippen LogP contribution >= 0.6 is 0 Å². The molecule has 0 bridgehead atoms. The third-order valence-electron chi connectivity index (χ3n) is 4.71. The summed E-state index contributed by atoms with van der Waals surface area (Å²) in [7, 11) is -0.936. The van der Waals surface area contributed by atoms with Gasteiger partial charge in [-0.1, -0.05) is 17.7 Å². The molecule has 0 aliphatic heterocycles. The van der Waals surface area contributed by atoms with Crippen LogP contribution in [0.15, 0.2) is 65.6 Å². The largest absolute Gasteiger partial charge is 0.497 e. The number of rotatable bonds is 7. The van der Waals surface area contributed by atoms with E-state index in [1.54, 1.807) is 24.3 Å². The van der Waals surface area contributed by atoms with Crippen LogP contribution in [-0.2, 0) is 10.0 Å². The maximum Gasteiger partial charge on any atom is 0.262 e. The van der Waals surface area contributed by atoms with Crippen LogP contribution in [0.2, 0.25) is 0 Å². The molecule has 0 aromatic heterocycles. The fraction of sp³-hybridized carbons (Fsp3) is 0.174. The molecule has 0 saturated heterocycles. The Morgan fingerprint density at radius 3 is 2.23 bits per heavy atom. The summed E-state index contributed by atoms with van der Waals surface area (Å²) < 4.78 is 38.5. The zero-order valence-electron chi connectivity index (χ0n) is 17.7. The molecule has 31 heavy (non-hydrogen) atoms. The molecule has 0 unspecified atom stereocenters. The molecule has 0 fully saturated rings. The molecule has 1 amide bonds. The van der Waals surface area contributed by atoms with Crippen LogP contribution in [0.4, 0.5) is 11.4 Å². The van der Waals surface area contributed by atoms with Crippen molar-refractivity contribution in [3.8, 4) is 11.5 Å². The number of hydrogen-bond acceptors (Lipinski definition) is 5. The standard InChI is InChI=1S/C23H24N2O5S/c1-15-5-6-16(2)20(13-15)23(26)24-17-7-10-19(11-8-17)31(27,28)25-21-14-18(29-3)9-12-22(21)30-4/h5-14,25H,1-4H3,(H,24,26). The maximum atomic E-state index is 12.8. The number of sulfonamides is 1. The summed E-state index contributed by atoms with van der Waals surface area (Å²) >= 11 is 0. The number of benzene rings is 3. The number of amides is 1. The second kappa shape index (κ2) is 9.09. The predicted octanol–water partition coefficient (Wildman–Crippen LogP) is 4.37. The van der Waals surface area contributed by atoms with E-state index < -0.39 is 10.0 Å². The van der Waals surface area contributed by atoms with E-state index >= 15 is 0 Å². The number of methoxy groups -OCH3 is 2. The van der Waals surface area contributed by atoms with Crippen LogP contribution in [0.5, 0.6) is 11.5 Å². The van der Waals surface area contributed by atoms with Gasteiger partial charge < -0.3 is 14.8 Å². The third-order valence-corrected chi connectivity index (χ3v) is 6.09. The van der Waals surface area contributed by atoms with Crippen LogP contribution < -0.4 is 19.5 Å². The average Bonchev–Trinajstić information content (AvgIpc) is 2.75. The molecule has 3 rings (SSSR count). The fourth-order valence-electron chi connectivity index (χ4n) is 2.99. The molecule has 2 N–H and O–H groups in total. The highest BCUT2D eigenvalue weighted by Gasteiger charge is 2.18. The summed E-state index contributed by atoms with van der Waals surface area (Å²) in [6.07, 6.45) is 0. The Bertz CT molecular complexity index is 1210. The highest BCUT2D eigenvalue weighted by atomic mass is 32.2. The van der Waals surface area contributed by atoms with Crippen molar-refractivity contribution in [2.24, 2.45) is 0 Å². The van der Waals surface area contributed by atoms with Crippen LogP contribution in [-0.4, -0.2) is 28.5 Å². The first kappa shape index (κ1) is 22.2. The van der Waals surface area contributed by atoms with E-state index in [9.17, 15) is 13.2 Å². The summed E-state index contributed by atoms with van der Waals surface area (Å²) in [6, 6.07) is 16.4. The predicted molar refractivity (Wildman–Crippen MR) is 121 cm³/mol. The second-order valence-electron chi connectivity index (χ2n) is 6.97. The van der Waals surface area contributed by atoms with Gasteiger partial charge in [0, 0.05) is 17.3 Å². The third kappa shape index (κ3) is 5.16. The molecule has 0 radical (unpaired) electrons. The Hall–Kier alpha value is -3.52. The molecule has 0 heterocycles. The molecule has 162 valence electrons. The number of carbonyl (C=O) groups excluding carboxylic acids is 1. The van der Waals surface area contributed by atoms with Gasteiger partial charge in [0.25, 0.3) is 15.9 Å². The first-order valence-electron chi connectivity index (χ1n) is 9.47. The lowest BCUT2D eigenvalue weighted by Crippen LogP contribution is -2.15. The molecule has 8 heteroatoms. The summed E-state index contributed by atoms with van der Waals surface area (Å²) in [4.78, 5) is 12.6. The maximum absolute atomic E-state index is 12.8. The summed E-state index contributed by atoms with van der Waals surface area (Å²) in [5.74, 6) is 0.598. The summed E-state index contributed by atoms with van der Waals surface area (Å²) in [5, 5.41) is 2.80. The first-order valence-corrected chi connectivity index (χ1v) is 11.0. The Morgan fingerprint density at radius 1 is 0.871 bits per heavy atom. The minimum atomic E-state index is -3.88. The van der Waals surface area contributed by atoms with Crippen LogP contribution in [0.3, 0.4) is 0 Å². The molecular formula is C23H24N2O5S. The van der Waals surface area contributed by atoms with E-state index in [-0.39, 0.29) is 16.5 Å². The lowest BCUT2D eigenvalue weighted by atomic mass is 10.1. The van der Waals surface area contributed by atoms with E-state index in [0.717, 1.165) is 11.1 Å². The van der Waals surface area contributed by atoms with Gasteiger partial charge in [0.1, 0.15) is 11.5 Å². The highest BCUT2D eigenvalue weighted by molar-refractivity contribution is 7.92. The first-order chi connectivity index (χ1) is 14.7. The Kier molecular flexibility index (Phi) is 6.50. The molecule has 0 spiro atoms. The molecule has 3 aromatic rings. The van der Waals surface area contributed by atoms with Crippen molar-refractivity contribution in [2.45, 2.75) is 18.7 Å². The van der Waals surface area contributed by atoms with Gasteiger partial charge in [-0.3, -0.25) is 9.52 Å². The van der Waals surface area contributed by atoms with E-state index in [1.165, 1.54) is 32.4 Å². The quantitative estimate of drug-likeness (QED) is 0.569. The highest BCUT2D eigenvalue weighted by Crippen LogP contribution is 2.31. The SMILES string of the molecule is COc1ccc(OC)c(NS(=O)(=O)c2ccc(NC(=O)c3cc(C)ccc3C)cc2)c1. The Balaban J connectivity index is 1.79. The van der Waals surface area contributed by atoms with Gasteiger partial charge in [-0.2, -0.15) is 0 Å². The minimum absolute atomic E-state index is 0.0436. The van der Waals surface area contributed by atoms with Gasteiger partial charge in [-0.05, 0) is 61.9 Å². The van der Waals surface area contributed by atoms with Gasteiger partial charge in [0.05, 0.1) is 24.8 Å². The van der Waals surface area contributed by atoms with Gasteiger partial charge >= 0.3 is 0 Å². The van der Waals surface area contributed by atoms with Crippen molar-refractivity contribution in [3.63, 3.8) is 0 Å². The van der Waals surface area contributed by atoms with E-state index in [2.05, 4.69) is 10.0 Å². The van der Waals surface area contributed by atoms with E-state index in [4.69, 9.17) is 9.47 Å². The van der Waals surface area contributed by atoms with Crippen LogP contribution in [0.1, 0.15) is 21.5 Å². The molecular weight excluding hydrogens is 416 g/mol. The lowest BCUT2D eigenvalue weighted by molar-refractivity contribution is 0.102. The number of ether oxygens (including phenoxy) is 2. The average molecular weight is 441 g/mol. The molecule has 0 atom stereocenters. The topological polar surface area (TPSA) is 93.7 Å². The monoisotopic (exact) mass is 440 g/mol. The zero-order valence-corrected chi connectivity index (χ0v) is 18.5. The molecule has 7 nitrogen and oxygen atoms in total. The zero-order chi connectivity index (χ0) is 22.6. The van der Waals surface area contributed by atoms with Crippen molar-refractivity contribution in [1.82, 2.24) is 0 Å². The minimum Gasteiger partial charge on any atom is -0.497 e. The van der Waals surface area contributed by atoms with Crippen molar-refractivity contribution in [2.75, 3.05) is 24.3 Å².